The zero-order chi connectivity index (χ0) is 21.7. The number of carbonyl (C=O) groups excluding carboxylic acids is 3. The Morgan fingerprint density at radius 3 is 2.53 bits per heavy atom. The lowest BCUT2D eigenvalue weighted by Gasteiger charge is -2.17. The third kappa shape index (κ3) is 5.51. The summed E-state index contributed by atoms with van der Waals surface area (Å²) in [6.07, 6.45) is 0.0911. The molecule has 30 heavy (non-hydrogen) atoms. The molecule has 0 spiro atoms. The molecule has 1 atom stereocenters. The Hall–Kier alpha value is -3.06. The third-order valence-electron chi connectivity index (χ3n) is 4.47. The quantitative estimate of drug-likeness (QED) is 0.677. The van der Waals surface area contributed by atoms with Gasteiger partial charge in [0.2, 0.25) is 5.91 Å². The van der Waals surface area contributed by atoms with E-state index < -0.39 is 24.4 Å². The van der Waals surface area contributed by atoms with Crippen molar-refractivity contribution in [2.45, 2.75) is 26.4 Å². The Labute approximate surface area is 179 Å². The number of nitrogens with zero attached hydrogens (tertiary/aromatic N) is 1. The second-order valence-electron chi connectivity index (χ2n) is 7.20. The first kappa shape index (κ1) is 21.6. The molecule has 3 rings (SSSR count). The summed E-state index contributed by atoms with van der Waals surface area (Å²) in [7, 11) is 0. The van der Waals surface area contributed by atoms with E-state index in [9.17, 15) is 14.4 Å². The number of benzene rings is 2. The fraction of sp³-hybridized carbons (Fsp3) is 0.318. The molecule has 1 N–H and O–H groups in total. The zero-order valence-electron chi connectivity index (χ0n) is 16.8. The van der Waals surface area contributed by atoms with Crippen molar-refractivity contribution in [3.63, 3.8) is 0 Å². The summed E-state index contributed by atoms with van der Waals surface area (Å²) in [5, 5.41) is 2.97. The number of amides is 2. The lowest BCUT2D eigenvalue weighted by molar-refractivity contribution is -0.151. The van der Waals surface area contributed by atoms with Crippen molar-refractivity contribution in [2.75, 3.05) is 23.4 Å². The van der Waals surface area contributed by atoms with Crippen LogP contribution in [-0.2, 0) is 19.1 Å². The predicted octanol–water partition coefficient (Wildman–Crippen LogP) is 3.66. The van der Waals surface area contributed by atoms with Gasteiger partial charge in [-0.15, -0.1) is 0 Å². The minimum absolute atomic E-state index is 0.0369. The second-order valence-corrected chi connectivity index (χ2v) is 7.61. The monoisotopic (exact) mass is 430 g/mol. The molecule has 1 fully saturated rings. The normalized spacial score (nSPS) is 15.9. The Kier molecular flexibility index (Phi) is 6.95. The van der Waals surface area contributed by atoms with Gasteiger partial charge in [0.05, 0.1) is 22.7 Å². The molecule has 0 aliphatic carbocycles. The first-order valence-corrected chi connectivity index (χ1v) is 9.99. The zero-order valence-corrected chi connectivity index (χ0v) is 17.5. The topological polar surface area (TPSA) is 84.9 Å². The number of hydrogen-bond acceptors (Lipinski definition) is 5. The van der Waals surface area contributed by atoms with Crippen LogP contribution in [0.4, 0.5) is 11.4 Å². The van der Waals surface area contributed by atoms with Gasteiger partial charge in [-0.3, -0.25) is 14.4 Å². The number of nitrogens with one attached hydrogen (secondary N) is 1. The fourth-order valence-electron chi connectivity index (χ4n) is 3.10. The number of rotatable bonds is 7. The van der Waals surface area contributed by atoms with Gasteiger partial charge in [-0.2, -0.15) is 0 Å². The van der Waals surface area contributed by atoms with Gasteiger partial charge >= 0.3 is 5.97 Å². The van der Waals surface area contributed by atoms with E-state index in [0.29, 0.717) is 22.1 Å². The van der Waals surface area contributed by atoms with E-state index in [1.165, 1.54) is 4.90 Å². The van der Waals surface area contributed by atoms with Crippen molar-refractivity contribution in [3.8, 4) is 5.75 Å². The lowest BCUT2D eigenvalue weighted by atomic mass is 10.1. The van der Waals surface area contributed by atoms with Crippen LogP contribution in [-0.4, -0.2) is 37.0 Å². The second kappa shape index (κ2) is 9.63. The van der Waals surface area contributed by atoms with Gasteiger partial charge in [0.1, 0.15) is 5.75 Å². The first-order chi connectivity index (χ1) is 14.3. The van der Waals surface area contributed by atoms with Crippen molar-refractivity contribution < 1.29 is 23.9 Å². The molecule has 2 aromatic rings. The van der Waals surface area contributed by atoms with Crippen LogP contribution in [0.5, 0.6) is 5.75 Å². The number of hydrogen-bond donors (Lipinski definition) is 1. The highest BCUT2D eigenvalue weighted by atomic mass is 35.5. The van der Waals surface area contributed by atoms with Gasteiger partial charge in [-0.25, -0.2) is 0 Å². The largest absolute Gasteiger partial charge is 0.491 e. The highest BCUT2D eigenvalue weighted by molar-refractivity contribution is 6.33. The van der Waals surface area contributed by atoms with Crippen molar-refractivity contribution in [2.24, 2.45) is 5.92 Å². The Bertz CT molecular complexity index is 929. The minimum Gasteiger partial charge on any atom is -0.491 e. The van der Waals surface area contributed by atoms with Crippen LogP contribution in [0.15, 0.2) is 48.5 Å². The SMILES string of the molecule is CC(C)Oc1ccc(N2C[C@H](C(=O)OCC(=O)Nc3ccccc3Cl)CC2=O)cc1. The molecule has 2 amide bonds. The molecule has 1 heterocycles. The molecule has 1 aliphatic rings. The highest BCUT2D eigenvalue weighted by Gasteiger charge is 2.36. The average molecular weight is 431 g/mol. The molecule has 8 heteroatoms. The maximum absolute atomic E-state index is 12.4. The number of ether oxygens (including phenoxy) is 2. The maximum atomic E-state index is 12.4. The molecule has 0 radical (unpaired) electrons. The number of esters is 1. The van der Waals surface area contributed by atoms with Crippen LogP contribution in [0.25, 0.3) is 0 Å². The Morgan fingerprint density at radius 2 is 1.87 bits per heavy atom. The smallest absolute Gasteiger partial charge is 0.311 e. The summed E-state index contributed by atoms with van der Waals surface area (Å²) in [4.78, 5) is 38.2. The van der Waals surface area contributed by atoms with Crippen molar-refractivity contribution in [1.82, 2.24) is 0 Å². The summed E-state index contributed by atoms with van der Waals surface area (Å²) in [6.45, 7) is 3.62. The van der Waals surface area contributed by atoms with Crippen molar-refractivity contribution in [1.29, 1.82) is 0 Å². The molecule has 0 aromatic heterocycles. The predicted molar refractivity (Wildman–Crippen MR) is 114 cm³/mol. The number of para-hydroxylation sites is 1. The molecule has 0 saturated carbocycles. The number of carbonyl (C=O) groups is 3. The number of anilines is 2. The van der Waals surface area contributed by atoms with Gasteiger partial charge in [-0.05, 0) is 50.2 Å². The molecular formula is C22H23ClN2O5. The molecular weight excluding hydrogens is 408 g/mol. The van der Waals surface area contributed by atoms with E-state index in [-0.39, 0.29) is 25.0 Å². The van der Waals surface area contributed by atoms with E-state index in [0.717, 1.165) is 0 Å². The van der Waals surface area contributed by atoms with E-state index in [4.69, 9.17) is 21.1 Å². The summed E-state index contributed by atoms with van der Waals surface area (Å²) >= 11 is 5.99. The Morgan fingerprint density at radius 1 is 1.17 bits per heavy atom. The first-order valence-electron chi connectivity index (χ1n) is 9.61. The van der Waals surface area contributed by atoms with Crippen molar-refractivity contribution in [3.05, 3.63) is 53.6 Å². The molecule has 158 valence electrons. The molecule has 1 saturated heterocycles. The van der Waals surface area contributed by atoms with Gasteiger partial charge in [0.25, 0.3) is 5.91 Å². The highest BCUT2D eigenvalue weighted by Crippen LogP contribution is 2.28. The summed E-state index contributed by atoms with van der Waals surface area (Å²) in [5.41, 5.74) is 1.12. The van der Waals surface area contributed by atoms with Crippen LogP contribution in [0.1, 0.15) is 20.3 Å². The van der Waals surface area contributed by atoms with E-state index in [2.05, 4.69) is 5.32 Å². The lowest BCUT2D eigenvalue weighted by Crippen LogP contribution is -2.28. The van der Waals surface area contributed by atoms with Crippen LogP contribution in [0.2, 0.25) is 5.02 Å². The van der Waals surface area contributed by atoms with Crippen LogP contribution in [0.3, 0.4) is 0 Å². The van der Waals surface area contributed by atoms with Gasteiger partial charge in [-0.1, -0.05) is 23.7 Å². The minimum atomic E-state index is -0.628. The van der Waals surface area contributed by atoms with E-state index >= 15 is 0 Å². The Balaban J connectivity index is 1.52. The standard InChI is InChI=1S/C22H23ClN2O5/c1-14(2)30-17-9-7-16(8-10-17)25-12-15(11-21(25)27)22(28)29-13-20(26)24-19-6-4-3-5-18(19)23/h3-10,14-15H,11-13H2,1-2H3,(H,24,26)/t15-/m1/s1. The molecule has 0 unspecified atom stereocenters. The van der Waals surface area contributed by atoms with Gasteiger partial charge in [0, 0.05) is 18.7 Å². The summed E-state index contributed by atoms with van der Waals surface area (Å²) in [5.74, 6) is -1.17. The molecule has 1 aliphatic heterocycles. The third-order valence-corrected chi connectivity index (χ3v) is 4.80. The van der Waals surface area contributed by atoms with Gasteiger partial charge in [0.15, 0.2) is 6.61 Å². The summed E-state index contributed by atoms with van der Waals surface area (Å²) in [6, 6.07) is 13.9. The van der Waals surface area contributed by atoms with Crippen LogP contribution in [0, 0.1) is 5.92 Å². The van der Waals surface area contributed by atoms with E-state index in [1.54, 1.807) is 48.5 Å². The average Bonchev–Trinajstić information content (AvgIpc) is 3.10. The molecule has 0 bridgehead atoms. The van der Waals surface area contributed by atoms with Crippen LogP contribution < -0.4 is 15.0 Å². The van der Waals surface area contributed by atoms with Crippen molar-refractivity contribution >= 4 is 40.8 Å². The molecule has 7 nitrogen and oxygen atoms in total. The number of halogens is 1. The summed E-state index contributed by atoms with van der Waals surface area (Å²) < 4.78 is 10.7. The molecule has 2 aromatic carbocycles. The van der Waals surface area contributed by atoms with Crippen LogP contribution >= 0.6 is 11.6 Å². The van der Waals surface area contributed by atoms with E-state index in [1.807, 2.05) is 13.8 Å². The fourth-order valence-corrected chi connectivity index (χ4v) is 3.28. The maximum Gasteiger partial charge on any atom is 0.311 e. The van der Waals surface area contributed by atoms with Gasteiger partial charge < -0.3 is 19.7 Å².